The average Bonchev–Trinajstić information content (AvgIpc) is 2.86. The van der Waals surface area contributed by atoms with Gasteiger partial charge in [-0.1, -0.05) is 26.8 Å². The van der Waals surface area contributed by atoms with Crippen LogP contribution in [-0.2, 0) is 12.8 Å². The highest BCUT2D eigenvalue weighted by molar-refractivity contribution is 5.43. The van der Waals surface area contributed by atoms with Gasteiger partial charge in [0, 0.05) is 11.8 Å². The van der Waals surface area contributed by atoms with Crippen LogP contribution >= 0.6 is 0 Å². The van der Waals surface area contributed by atoms with Gasteiger partial charge in [0.25, 0.3) is 0 Å². The summed E-state index contributed by atoms with van der Waals surface area (Å²) < 4.78 is 7.50. The normalized spacial score (nSPS) is 17.9. The van der Waals surface area contributed by atoms with Crippen molar-refractivity contribution in [2.24, 2.45) is 5.92 Å². The van der Waals surface area contributed by atoms with Gasteiger partial charge in [-0.15, -0.1) is 0 Å². The van der Waals surface area contributed by atoms with Gasteiger partial charge in [-0.2, -0.15) is 5.10 Å². The van der Waals surface area contributed by atoms with Crippen LogP contribution in [-0.4, -0.2) is 16.9 Å². The van der Waals surface area contributed by atoms with Crippen LogP contribution in [0, 0.1) is 5.92 Å². The summed E-state index contributed by atoms with van der Waals surface area (Å²) in [6, 6.07) is 8.19. The number of hydrogen-bond acceptors (Lipinski definition) is 2. The number of rotatable bonds is 3. The number of hydrogen-bond donors (Lipinski definition) is 0. The minimum atomic E-state index is 0.471. The van der Waals surface area contributed by atoms with Gasteiger partial charge in [-0.25, -0.2) is 4.68 Å². The molecule has 0 N–H and O–H groups in total. The predicted molar refractivity (Wildman–Crippen MR) is 85.4 cm³/mol. The Morgan fingerprint density at radius 2 is 2.14 bits per heavy atom. The Kier molecular flexibility index (Phi) is 3.75. The van der Waals surface area contributed by atoms with Gasteiger partial charge in [0.15, 0.2) is 0 Å². The molecule has 0 bridgehead atoms. The fourth-order valence-corrected chi connectivity index (χ4v) is 3.23. The van der Waals surface area contributed by atoms with Crippen molar-refractivity contribution >= 4 is 0 Å². The minimum absolute atomic E-state index is 0.471. The van der Waals surface area contributed by atoms with Crippen molar-refractivity contribution in [2.45, 2.75) is 46.0 Å². The molecule has 1 aliphatic carbocycles. The number of fused-ring (bicyclic) bond motifs is 1. The lowest BCUT2D eigenvalue weighted by Crippen LogP contribution is -2.14. The quantitative estimate of drug-likeness (QED) is 0.847. The molecular weight excluding hydrogens is 260 g/mol. The van der Waals surface area contributed by atoms with Crippen LogP contribution in [0.4, 0.5) is 0 Å². The Morgan fingerprint density at radius 3 is 2.86 bits per heavy atom. The molecule has 0 fully saturated rings. The standard InChI is InChI=1S/C18H24N2O/c1-12(2)18-16-9-8-13(3)10-17(16)20(19-18)14-6-5-7-15(11-14)21-4/h5-7,11-13H,8-10H2,1-4H3. The smallest absolute Gasteiger partial charge is 0.121 e. The van der Waals surface area contributed by atoms with Crippen molar-refractivity contribution in [2.75, 3.05) is 7.11 Å². The molecule has 0 spiro atoms. The molecule has 1 aromatic heterocycles. The zero-order valence-corrected chi connectivity index (χ0v) is 13.4. The lowest BCUT2D eigenvalue weighted by molar-refractivity contribution is 0.414. The molecule has 2 aromatic rings. The lowest BCUT2D eigenvalue weighted by Gasteiger charge is -2.20. The maximum Gasteiger partial charge on any atom is 0.121 e. The van der Waals surface area contributed by atoms with Gasteiger partial charge < -0.3 is 4.74 Å². The molecule has 0 amide bonds. The van der Waals surface area contributed by atoms with Crippen LogP contribution in [0.15, 0.2) is 24.3 Å². The molecule has 112 valence electrons. The third kappa shape index (κ3) is 2.57. The average molecular weight is 284 g/mol. The summed E-state index contributed by atoms with van der Waals surface area (Å²) in [5, 5.41) is 4.93. The second-order valence-corrected chi connectivity index (χ2v) is 6.43. The number of methoxy groups -OCH3 is 1. The molecule has 0 saturated carbocycles. The van der Waals surface area contributed by atoms with Gasteiger partial charge in [-0.3, -0.25) is 0 Å². The van der Waals surface area contributed by atoms with E-state index in [1.807, 2.05) is 12.1 Å². The summed E-state index contributed by atoms with van der Waals surface area (Å²) in [6.07, 6.45) is 3.55. The maximum absolute atomic E-state index is 5.35. The molecule has 3 nitrogen and oxygen atoms in total. The van der Waals surface area contributed by atoms with Gasteiger partial charge >= 0.3 is 0 Å². The highest BCUT2D eigenvalue weighted by atomic mass is 16.5. The van der Waals surface area contributed by atoms with Gasteiger partial charge in [0.05, 0.1) is 18.5 Å². The lowest BCUT2D eigenvalue weighted by atomic mass is 9.86. The van der Waals surface area contributed by atoms with E-state index in [0.29, 0.717) is 5.92 Å². The van der Waals surface area contributed by atoms with E-state index in [9.17, 15) is 0 Å². The van der Waals surface area contributed by atoms with Crippen molar-refractivity contribution in [3.63, 3.8) is 0 Å². The molecule has 0 radical (unpaired) electrons. The van der Waals surface area contributed by atoms with E-state index in [0.717, 1.165) is 30.2 Å². The topological polar surface area (TPSA) is 27.1 Å². The zero-order chi connectivity index (χ0) is 15.0. The fourth-order valence-electron chi connectivity index (χ4n) is 3.23. The van der Waals surface area contributed by atoms with Crippen LogP contribution in [0.1, 0.15) is 50.1 Å². The fraction of sp³-hybridized carbons (Fsp3) is 0.500. The summed E-state index contributed by atoms with van der Waals surface area (Å²) in [6.45, 7) is 6.80. The van der Waals surface area contributed by atoms with E-state index in [4.69, 9.17) is 9.84 Å². The number of ether oxygens (including phenoxy) is 1. The van der Waals surface area contributed by atoms with E-state index < -0.39 is 0 Å². The second kappa shape index (κ2) is 5.55. The Balaban J connectivity index is 2.13. The molecule has 0 aliphatic heterocycles. The Hall–Kier alpha value is -1.77. The molecule has 3 rings (SSSR count). The Labute approximate surface area is 126 Å². The van der Waals surface area contributed by atoms with Gasteiger partial charge in [0.2, 0.25) is 0 Å². The molecule has 1 aliphatic rings. The monoisotopic (exact) mass is 284 g/mol. The third-order valence-electron chi connectivity index (χ3n) is 4.39. The summed E-state index contributed by atoms with van der Waals surface area (Å²) in [5.41, 5.74) is 5.24. The molecule has 1 unspecified atom stereocenters. The van der Waals surface area contributed by atoms with Crippen LogP contribution < -0.4 is 4.74 Å². The van der Waals surface area contributed by atoms with E-state index in [1.54, 1.807) is 7.11 Å². The van der Waals surface area contributed by atoms with Crippen molar-refractivity contribution in [3.8, 4) is 11.4 Å². The highest BCUT2D eigenvalue weighted by Crippen LogP contribution is 2.33. The zero-order valence-electron chi connectivity index (χ0n) is 13.4. The minimum Gasteiger partial charge on any atom is -0.497 e. The van der Waals surface area contributed by atoms with E-state index >= 15 is 0 Å². The van der Waals surface area contributed by atoms with E-state index in [1.165, 1.54) is 23.4 Å². The van der Waals surface area contributed by atoms with Crippen LogP contribution in [0.5, 0.6) is 5.75 Å². The molecule has 1 heterocycles. The van der Waals surface area contributed by atoms with Crippen molar-refractivity contribution in [1.29, 1.82) is 0 Å². The molecule has 1 aromatic carbocycles. The van der Waals surface area contributed by atoms with E-state index in [2.05, 4.69) is 37.6 Å². The third-order valence-corrected chi connectivity index (χ3v) is 4.39. The summed E-state index contributed by atoms with van der Waals surface area (Å²) in [4.78, 5) is 0. The number of aromatic nitrogens is 2. The van der Waals surface area contributed by atoms with Crippen molar-refractivity contribution in [3.05, 3.63) is 41.2 Å². The molecule has 1 atom stereocenters. The van der Waals surface area contributed by atoms with Gasteiger partial charge in [-0.05, 0) is 48.8 Å². The first-order chi connectivity index (χ1) is 10.1. The first-order valence-corrected chi connectivity index (χ1v) is 7.85. The Morgan fingerprint density at radius 1 is 1.33 bits per heavy atom. The summed E-state index contributed by atoms with van der Waals surface area (Å²) in [7, 11) is 1.71. The Bertz CT molecular complexity index is 643. The molecular formula is C18H24N2O. The SMILES string of the molecule is COc1cccc(-n2nc(C(C)C)c3c2CC(C)CC3)c1. The number of benzene rings is 1. The molecule has 21 heavy (non-hydrogen) atoms. The maximum atomic E-state index is 5.35. The number of nitrogens with zero attached hydrogens (tertiary/aromatic N) is 2. The molecule has 0 saturated heterocycles. The van der Waals surface area contributed by atoms with Crippen molar-refractivity contribution < 1.29 is 4.74 Å². The van der Waals surface area contributed by atoms with Gasteiger partial charge in [0.1, 0.15) is 5.75 Å². The predicted octanol–water partition coefficient (Wildman–Crippen LogP) is 4.13. The summed E-state index contributed by atoms with van der Waals surface area (Å²) in [5.74, 6) is 2.09. The van der Waals surface area contributed by atoms with Crippen molar-refractivity contribution in [1.82, 2.24) is 9.78 Å². The van der Waals surface area contributed by atoms with E-state index in [-0.39, 0.29) is 0 Å². The van der Waals surface area contributed by atoms with Crippen LogP contribution in [0.25, 0.3) is 5.69 Å². The first kappa shape index (κ1) is 14.2. The van der Waals surface area contributed by atoms with Crippen LogP contribution in [0.2, 0.25) is 0 Å². The first-order valence-electron chi connectivity index (χ1n) is 7.85. The van der Waals surface area contributed by atoms with Crippen LogP contribution in [0.3, 0.4) is 0 Å². The second-order valence-electron chi connectivity index (χ2n) is 6.43. The largest absolute Gasteiger partial charge is 0.497 e. The highest BCUT2D eigenvalue weighted by Gasteiger charge is 2.25. The molecule has 3 heteroatoms. The summed E-state index contributed by atoms with van der Waals surface area (Å²) >= 11 is 0.